The minimum absolute atomic E-state index is 0.0388. The Morgan fingerprint density at radius 1 is 1.13 bits per heavy atom. The van der Waals surface area contributed by atoms with Gasteiger partial charge >= 0.3 is 0 Å². The highest BCUT2D eigenvalue weighted by Gasteiger charge is 2.17. The zero-order chi connectivity index (χ0) is 21.8. The third-order valence-corrected chi connectivity index (χ3v) is 6.38. The van der Waals surface area contributed by atoms with Crippen molar-refractivity contribution in [2.45, 2.75) is 39.0 Å². The number of imidazole rings is 1. The van der Waals surface area contributed by atoms with Crippen molar-refractivity contribution in [3.05, 3.63) is 36.2 Å². The Hall–Kier alpha value is -3.00. The van der Waals surface area contributed by atoms with Gasteiger partial charge in [0.15, 0.2) is 5.82 Å². The number of aryl methyl sites for hydroxylation is 1. The molecule has 0 unspecified atom stereocenters. The van der Waals surface area contributed by atoms with E-state index in [0.717, 1.165) is 50.6 Å². The molecule has 0 saturated heterocycles. The van der Waals surface area contributed by atoms with E-state index in [1.807, 2.05) is 42.9 Å². The molecule has 2 N–H and O–H groups in total. The van der Waals surface area contributed by atoms with Crippen molar-refractivity contribution in [3.8, 4) is 10.6 Å². The lowest BCUT2D eigenvalue weighted by Crippen LogP contribution is -2.24. The van der Waals surface area contributed by atoms with Gasteiger partial charge in [-0.1, -0.05) is 56.1 Å². The SMILES string of the molecule is CCCCCCCNC(=O)c1cccc(-c2nc3c(nc(NC)c4ncn(C)c43)s2)c1. The van der Waals surface area contributed by atoms with Crippen molar-refractivity contribution in [2.75, 3.05) is 18.9 Å². The minimum atomic E-state index is -0.0388. The summed E-state index contributed by atoms with van der Waals surface area (Å²) in [6.07, 6.45) is 7.66. The molecule has 0 fully saturated rings. The standard InChI is InChI=1S/C23H28N6OS/c1-4-5-6-7-8-12-25-21(30)15-10-9-11-16(13-15)22-27-18-19-17(26-14-29(19)3)20(24-2)28-23(18)31-22/h9-11,13-14H,4-8,12H2,1-3H3,(H,24,28)(H,25,30). The van der Waals surface area contributed by atoms with E-state index in [9.17, 15) is 4.79 Å². The second-order valence-electron chi connectivity index (χ2n) is 7.69. The fourth-order valence-corrected chi connectivity index (χ4v) is 4.64. The number of benzene rings is 1. The van der Waals surface area contributed by atoms with Crippen LogP contribution in [0.25, 0.3) is 32.0 Å². The molecule has 8 heteroatoms. The molecule has 4 rings (SSSR count). The Morgan fingerprint density at radius 2 is 1.97 bits per heavy atom. The van der Waals surface area contributed by atoms with Gasteiger partial charge in [-0.3, -0.25) is 4.79 Å². The third kappa shape index (κ3) is 4.39. The summed E-state index contributed by atoms with van der Waals surface area (Å²) in [5.74, 6) is 0.702. The minimum Gasteiger partial charge on any atom is -0.371 e. The first-order valence-corrected chi connectivity index (χ1v) is 11.6. The Balaban J connectivity index is 1.57. The molecule has 7 nitrogen and oxygen atoms in total. The number of nitrogens with one attached hydrogen (secondary N) is 2. The van der Waals surface area contributed by atoms with E-state index in [0.29, 0.717) is 12.1 Å². The predicted molar refractivity (Wildman–Crippen MR) is 128 cm³/mol. The Bertz CT molecular complexity index is 1210. The van der Waals surface area contributed by atoms with Crippen LogP contribution < -0.4 is 10.6 Å². The highest BCUT2D eigenvalue weighted by Crippen LogP contribution is 2.35. The van der Waals surface area contributed by atoms with Gasteiger partial charge in [-0.15, -0.1) is 0 Å². The largest absolute Gasteiger partial charge is 0.371 e. The second kappa shape index (κ2) is 9.43. The molecule has 0 bridgehead atoms. The number of hydrogen-bond donors (Lipinski definition) is 2. The summed E-state index contributed by atoms with van der Waals surface area (Å²) >= 11 is 1.52. The van der Waals surface area contributed by atoms with Crippen molar-refractivity contribution in [2.24, 2.45) is 7.05 Å². The summed E-state index contributed by atoms with van der Waals surface area (Å²) in [5.41, 5.74) is 4.16. The number of amides is 1. The highest BCUT2D eigenvalue weighted by atomic mass is 32.1. The number of aromatic nitrogens is 4. The monoisotopic (exact) mass is 436 g/mol. The van der Waals surface area contributed by atoms with Crippen molar-refractivity contribution < 1.29 is 4.79 Å². The average molecular weight is 437 g/mol. The maximum Gasteiger partial charge on any atom is 0.251 e. The summed E-state index contributed by atoms with van der Waals surface area (Å²) < 4.78 is 1.97. The lowest BCUT2D eigenvalue weighted by molar-refractivity contribution is 0.0953. The molecule has 0 aliphatic rings. The number of rotatable bonds is 9. The van der Waals surface area contributed by atoms with E-state index in [4.69, 9.17) is 9.97 Å². The average Bonchev–Trinajstić information content (AvgIpc) is 3.39. The number of fused-ring (bicyclic) bond motifs is 3. The summed E-state index contributed by atoms with van der Waals surface area (Å²) in [6, 6.07) is 7.64. The first-order chi connectivity index (χ1) is 15.1. The van der Waals surface area contributed by atoms with E-state index in [2.05, 4.69) is 22.5 Å². The van der Waals surface area contributed by atoms with Crippen LogP contribution in [0.4, 0.5) is 5.82 Å². The topological polar surface area (TPSA) is 84.7 Å². The summed E-state index contributed by atoms with van der Waals surface area (Å²) in [4.78, 5) is 27.5. The highest BCUT2D eigenvalue weighted by molar-refractivity contribution is 7.21. The summed E-state index contributed by atoms with van der Waals surface area (Å²) in [7, 11) is 3.80. The maximum absolute atomic E-state index is 12.6. The van der Waals surface area contributed by atoms with Crippen molar-refractivity contribution in [1.82, 2.24) is 24.8 Å². The number of hydrogen-bond acceptors (Lipinski definition) is 6. The van der Waals surface area contributed by atoms with Gasteiger partial charge in [0.25, 0.3) is 5.91 Å². The number of carbonyl (C=O) groups is 1. The molecule has 1 amide bonds. The van der Waals surface area contributed by atoms with Crippen LogP contribution in [0.5, 0.6) is 0 Å². The van der Waals surface area contributed by atoms with Crippen molar-refractivity contribution >= 4 is 44.4 Å². The molecule has 0 atom stereocenters. The van der Waals surface area contributed by atoms with Crippen LogP contribution in [0.3, 0.4) is 0 Å². The van der Waals surface area contributed by atoms with Crippen molar-refractivity contribution in [1.29, 1.82) is 0 Å². The number of unbranched alkanes of at least 4 members (excludes halogenated alkanes) is 4. The first-order valence-electron chi connectivity index (χ1n) is 10.8. The van der Waals surface area contributed by atoms with Crippen LogP contribution >= 0.6 is 11.3 Å². The molecule has 0 radical (unpaired) electrons. The Kier molecular flexibility index (Phi) is 6.46. The van der Waals surface area contributed by atoms with Gasteiger partial charge in [-0.05, 0) is 18.6 Å². The molecule has 3 aromatic heterocycles. The number of thiazole rings is 1. The van der Waals surface area contributed by atoms with Crippen LogP contribution in [-0.4, -0.2) is 39.0 Å². The van der Waals surface area contributed by atoms with Gasteiger partial charge in [0.1, 0.15) is 26.4 Å². The number of carbonyl (C=O) groups excluding carboxylic acids is 1. The predicted octanol–water partition coefficient (Wildman–Crippen LogP) is 4.99. The fourth-order valence-electron chi connectivity index (χ4n) is 3.70. The second-order valence-corrected chi connectivity index (χ2v) is 8.66. The number of nitrogens with zero attached hydrogens (tertiary/aromatic N) is 4. The molecule has 4 aromatic rings. The molecule has 31 heavy (non-hydrogen) atoms. The van der Waals surface area contributed by atoms with Gasteiger partial charge in [-0.25, -0.2) is 15.0 Å². The van der Waals surface area contributed by atoms with Crippen LogP contribution in [-0.2, 0) is 7.05 Å². The molecular formula is C23H28N6OS. The molecule has 0 aliphatic carbocycles. The molecule has 3 heterocycles. The number of pyridine rings is 1. The normalized spacial score (nSPS) is 11.3. The first kappa shape index (κ1) is 21.2. The lowest BCUT2D eigenvalue weighted by atomic mass is 10.1. The lowest BCUT2D eigenvalue weighted by Gasteiger charge is -2.06. The van der Waals surface area contributed by atoms with Gasteiger partial charge < -0.3 is 15.2 Å². The Morgan fingerprint density at radius 3 is 2.77 bits per heavy atom. The molecule has 0 aliphatic heterocycles. The van der Waals surface area contributed by atoms with Crippen molar-refractivity contribution in [3.63, 3.8) is 0 Å². The molecule has 162 valence electrons. The summed E-state index contributed by atoms with van der Waals surface area (Å²) in [6.45, 7) is 2.92. The van der Waals surface area contributed by atoms with E-state index in [-0.39, 0.29) is 5.91 Å². The zero-order valence-corrected chi connectivity index (χ0v) is 19.1. The van der Waals surface area contributed by atoms with Gasteiger partial charge in [0, 0.05) is 31.8 Å². The van der Waals surface area contributed by atoms with Crippen LogP contribution in [0.2, 0.25) is 0 Å². The van der Waals surface area contributed by atoms with Gasteiger partial charge in [0.2, 0.25) is 0 Å². The van der Waals surface area contributed by atoms with Crippen LogP contribution in [0.15, 0.2) is 30.6 Å². The van der Waals surface area contributed by atoms with Crippen LogP contribution in [0, 0.1) is 0 Å². The molecule has 0 spiro atoms. The van der Waals surface area contributed by atoms with E-state index >= 15 is 0 Å². The smallest absolute Gasteiger partial charge is 0.251 e. The molecular weight excluding hydrogens is 408 g/mol. The quantitative estimate of drug-likeness (QED) is 0.361. The maximum atomic E-state index is 12.6. The van der Waals surface area contributed by atoms with E-state index < -0.39 is 0 Å². The molecule has 0 saturated carbocycles. The zero-order valence-electron chi connectivity index (χ0n) is 18.2. The fraction of sp³-hybridized carbons (Fsp3) is 0.391. The third-order valence-electron chi connectivity index (χ3n) is 5.38. The van der Waals surface area contributed by atoms with E-state index in [1.165, 1.54) is 30.6 Å². The van der Waals surface area contributed by atoms with Gasteiger partial charge in [0.05, 0.1) is 6.33 Å². The summed E-state index contributed by atoms with van der Waals surface area (Å²) in [5, 5.41) is 7.00. The number of anilines is 1. The Labute approximate surface area is 185 Å². The van der Waals surface area contributed by atoms with Crippen LogP contribution in [0.1, 0.15) is 49.4 Å². The molecule has 1 aromatic carbocycles. The van der Waals surface area contributed by atoms with E-state index in [1.54, 1.807) is 6.33 Å². The van der Waals surface area contributed by atoms with Gasteiger partial charge in [-0.2, -0.15) is 0 Å².